The molecule has 0 saturated carbocycles. The Bertz CT molecular complexity index is 3290. The molecule has 1 nitrogen and oxygen atoms in total. The Hall–Kier alpha value is -7.22. The van der Waals surface area contributed by atoms with Crippen molar-refractivity contribution >= 4 is 17.1 Å². The molecule has 0 radical (unpaired) electrons. The molecule has 0 N–H and O–H groups in total. The Balaban J connectivity index is 1.04. The van der Waals surface area contributed by atoms with Crippen molar-refractivity contribution in [2.45, 2.75) is 43.9 Å². The smallest absolute Gasteiger partial charge is 0.0726 e. The minimum absolute atomic E-state index is 0.116. The summed E-state index contributed by atoms with van der Waals surface area (Å²) in [6.45, 7) is 9.70. The van der Waals surface area contributed by atoms with Crippen LogP contribution in [0.2, 0.25) is 0 Å². The Labute approximate surface area is 364 Å². The van der Waals surface area contributed by atoms with E-state index < -0.39 is 5.41 Å². The first-order valence-corrected chi connectivity index (χ1v) is 22.1. The van der Waals surface area contributed by atoms with Gasteiger partial charge in [-0.25, -0.2) is 0 Å². The summed E-state index contributed by atoms with van der Waals surface area (Å²) in [5.41, 5.74) is 27.0. The Morgan fingerprint density at radius 2 is 0.677 bits per heavy atom. The normalized spacial score (nSPS) is 15.5. The van der Waals surface area contributed by atoms with Crippen LogP contribution in [0.15, 0.2) is 200 Å². The zero-order chi connectivity index (χ0) is 41.5. The van der Waals surface area contributed by atoms with E-state index in [-0.39, 0.29) is 10.8 Å². The third kappa shape index (κ3) is 4.43. The van der Waals surface area contributed by atoms with Crippen LogP contribution in [-0.2, 0) is 16.2 Å². The number of fused-ring (bicyclic) bond motifs is 16. The van der Waals surface area contributed by atoms with Crippen LogP contribution in [0.1, 0.15) is 72.2 Å². The van der Waals surface area contributed by atoms with Crippen molar-refractivity contribution in [2.24, 2.45) is 0 Å². The lowest BCUT2D eigenvalue weighted by Crippen LogP contribution is -2.26. The third-order valence-electron chi connectivity index (χ3n) is 15.1. The van der Waals surface area contributed by atoms with E-state index in [0.717, 1.165) is 17.1 Å². The summed E-state index contributed by atoms with van der Waals surface area (Å²) in [6, 6.07) is 75.5. The standard InChI is InChI=1S/C61H45N/c1-59(2)48-27-15-14-26-46(48)57-54(59)37-55-58(56(57)38-19-7-5-8-20-38)47-34-32-40(35-52(47)60(55,3)4)62(39-21-9-6-10-22-39)41-31-33-45-44-25-13-18-30-51(44)61(53(45)36-41)49-28-16-11-23-42(49)43-24-12-17-29-50(43)61/h5-37H,1-4H3. The van der Waals surface area contributed by atoms with Crippen LogP contribution in [0.25, 0.3) is 55.6 Å². The second-order valence-corrected chi connectivity index (χ2v) is 18.8. The predicted molar refractivity (Wildman–Crippen MR) is 258 cm³/mol. The lowest BCUT2D eigenvalue weighted by molar-refractivity contribution is 0.639. The van der Waals surface area contributed by atoms with E-state index in [1.807, 2.05) is 0 Å². The molecule has 0 bridgehead atoms. The number of benzene rings is 9. The second-order valence-electron chi connectivity index (χ2n) is 18.8. The molecule has 0 fully saturated rings. The van der Waals surface area contributed by atoms with E-state index in [0.29, 0.717) is 0 Å². The number of hydrogen-bond donors (Lipinski definition) is 0. The van der Waals surface area contributed by atoms with E-state index in [4.69, 9.17) is 0 Å². The average molecular weight is 792 g/mol. The molecule has 0 aromatic heterocycles. The first-order valence-electron chi connectivity index (χ1n) is 22.1. The Morgan fingerprint density at radius 1 is 0.274 bits per heavy atom. The number of hydrogen-bond acceptors (Lipinski definition) is 1. The van der Waals surface area contributed by atoms with Crippen LogP contribution in [0.5, 0.6) is 0 Å². The molecule has 1 heteroatoms. The van der Waals surface area contributed by atoms with E-state index in [9.17, 15) is 0 Å². The molecule has 9 aromatic carbocycles. The van der Waals surface area contributed by atoms with Gasteiger partial charge >= 0.3 is 0 Å². The topological polar surface area (TPSA) is 3.24 Å². The highest BCUT2D eigenvalue weighted by molar-refractivity contribution is 6.05. The van der Waals surface area contributed by atoms with Gasteiger partial charge in [0.05, 0.1) is 5.41 Å². The van der Waals surface area contributed by atoms with Gasteiger partial charge in [0.1, 0.15) is 0 Å². The lowest BCUT2D eigenvalue weighted by atomic mass is 9.70. The molecule has 0 amide bonds. The largest absolute Gasteiger partial charge is 0.310 e. The van der Waals surface area contributed by atoms with E-state index in [2.05, 4.69) is 233 Å². The summed E-state index contributed by atoms with van der Waals surface area (Å²) in [5, 5.41) is 0. The van der Waals surface area contributed by atoms with Gasteiger partial charge in [-0.2, -0.15) is 0 Å². The molecule has 0 aliphatic heterocycles. The van der Waals surface area contributed by atoms with Crippen molar-refractivity contribution < 1.29 is 0 Å². The molecule has 1 spiro atoms. The van der Waals surface area contributed by atoms with Gasteiger partial charge in [-0.05, 0) is 137 Å². The minimum atomic E-state index is -0.417. The maximum Gasteiger partial charge on any atom is 0.0726 e. The fraction of sp³-hybridized carbons (Fsp3) is 0.115. The van der Waals surface area contributed by atoms with Gasteiger partial charge in [-0.1, -0.05) is 191 Å². The van der Waals surface area contributed by atoms with Crippen LogP contribution in [0, 0.1) is 0 Å². The van der Waals surface area contributed by atoms with E-state index >= 15 is 0 Å². The summed E-state index contributed by atoms with van der Waals surface area (Å²) in [6.07, 6.45) is 0. The van der Waals surface area contributed by atoms with Crippen molar-refractivity contribution in [3.8, 4) is 55.6 Å². The fourth-order valence-corrected chi connectivity index (χ4v) is 12.3. The van der Waals surface area contributed by atoms with E-state index in [1.165, 1.54) is 100 Å². The molecule has 62 heavy (non-hydrogen) atoms. The van der Waals surface area contributed by atoms with Crippen LogP contribution in [0.3, 0.4) is 0 Å². The van der Waals surface area contributed by atoms with Gasteiger partial charge in [0.15, 0.2) is 0 Å². The van der Waals surface area contributed by atoms with Gasteiger partial charge in [-0.3, -0.25) is 0 Å². The highest BCUT2D eigenvalue weighted by atomic mass is 15.1. The van der Waals surface area contributed by atoms with Gasteiger partial charge in [0, 0.05) is 27.9 Å². The summed E-state index contributed by atoms with van der Waals surface area (Å²) in [5.74, 6) is 0. The third-order valence-corrected chi connectivity index (χ3v) is 15.1. The highest BCUT2D eigenvalue weighted by Gasteiger charge is 2.52. The van der Waals surface area contributed by atoms with Crippen LogP contribution in [-0.4, -0.2) is 0 Å². The van der Waals surface area contributed by atoms with Gasteiger partial charge in [-0.15, -0.1) is 0 Å². The number of nitrogens with zero attached hydrogens (tertiary/aromatic N) is 1. The molecule has 0 saturated heterocycles. The molecule has 13 rings (SSSR count). The van der Waals surface area contributed by atoms with Gasteiger partial charge < -0.3 is 4.90 Å². The first-order chi connectivity index (χ1) is 30.3. The average Bonchev–Trinajstić information content (AvgIpc) is 3.94. The highest BCUT2D eigenvalue weighted by Crippen LogP contribution is 2.64. The Morgan fingerprint density at radius 3 is 1.24 bits per heavy atom. The number of para-hydroxylation sites is 1. The van der Waals surface area contributed by atoms with E-state index in [1.54, 1.807) is 0 Å². The minimum Gasteiger partial charge on any atom is -0.310 e. The Kier molecular flexibility index (Phi) is 7.12. The van der Waals surface area contributed by atoms with Crippen LogP contribution in [0.4, 0.5) is 17.1 Å². The molecule has 9 aromatic rings. The first kappa shape index (κ1) is 35.5. The van der Waals surface area contributed by atoms with Crippen molar-refractivity contribution in [1.82, 2.24) is 0 Å². The summed E-state index contributed by atoms with van der Waals surface area (Å²) >= 11 is 0. The molecule has 4 aliphatic carbocycles. The van der Waals surface area contributed by atoms with Crippen molar-refractivity contribution in [1.29, 1.82) is 0 Å². The van der Waals surface area contributed by atoms with Crippen LogP contribution >= 0.6 is 0 Å². The SMILES string of the molecule is CC1(C)c2ccccc2-c2c1cc1c(c2-c2ccccc2)-c2ccc(N(c3ccccc3)c3ccc4c(c3)C3(c5ccccc5-c5ccccc53)c3ccccc3-4)cc2C1(C)C. The molecule has 0 unspecified atom stereocenters. The fourth-order valence-electron chi connectivity index (χ4n) is 12.3. The van der Waals surface area contributed by atoms with Crippen molar-refractivity contribution in [3.63, 3.8) is 0 Å². The maximum atomic E-state index is 2.57. The molecule has 0 heterocycles. The number of rotatable bonds is 4. The molecular weight excluding hydrogens is 747 g/mol. The van der Waals surface area contributed by atoms with Gasteiger partial charge in [0.2, 0.25) is 0 Å². The van der Waals surface area contributed by atoms with Crippen molar-refractivity contribution in [2.75, 3.05) is 4.90 Å². The summed E-state index contributed by atoms with van der Waals surface area (Å²) in [7, 11) is 0. The number of anilines is 3. The summed E-state index contributed by atoms with van der Waals surface area (Å²) in [4.78, 5) is 2.49. The molecular formula is C61H45N. The second kappa shape index (κ2) is 12.4. The lowest BCUT2D eigenvalue weighted by Gasteiger charge is -2.32. The molecule has 0 atom stereocenters. The van der Waals surface area contributed by atoms with Crippen molar-refractivity contribution in [3.05, 3.63) is 245 Å². The predicted octanol–water partition coefficient (Wildman–Crippen LogP) is 15.8. The monoisotopic (exact) mass is 791 g/mol. The zero-order valence-electron chi connectivity index (χ0n) is 35.5. The zero-order valence-corrected chi connectivity index (χ0v) is 35.5. The maximum absolute atomic E-state index is 2.57. The van der Waals surface area contributed by atoms with Gasteiger partial charge in [0.25, 0.3) is 0 Å². The van der Waals surface area contributed by atoms with Crippen LogP contribution < -0.4 is 4.90 Å². The quantitative estimate of drug-likeness (QED) is 0.172. The molecule has 4 aliphatic rings. The molecule has 294 valence electrons. The summed E-state index contributed by atoms with van der Waals surface area (Å²) < 4.78 is 0.